The molecule has 6 rings (SSSR count). The number of fused-ring (bicyclic) bond motifs is 2. The Bertz CT molecular complexity index is 1570. The van der Waals surface area contributed by atoms with Crippen molar-refractivity contribution >= 4 is 16.8 Å². The van der Waals surface area contributed by atoms with Gasteiger partial charge in [-0.05, 0) is 41.5 Å². The minimum atomic E-state index is -0.268. The quantitative estimate of drug-likeness (QED) is 0.302. The van der Waals surface area contributed by atoms with Crippen molar-refractivity contribution in [1.29, 1.82) is 0 Å². The van der Waals surface area contributed by atoms with Crippen molar-refractivity contribution in [3.63, 3.8) is 0 Å². The van der Waals surface area contributed by atoms with E-state index in [0.717, 1.165) is 55.9 Å². The molecule has 5 nitrogen and oxygen atoms in total. The molecule has 0 unspecified atom stereocenters. The number of rotatable bonds is 6. The van der Waals surface area contributed by atoms with E-state index in [2.05, 4.69) is 35.3 Å². The molecule has 2 heterocycles. The molecule has 36 heavy (non-hydrogen) atoms. The van der Waals surface area contributed by atoms with Crippen molar-refractivity contribution in [2.75, 3.05) is 14.2 Å². The van der Waals surface area contributed by atoms with E-state index in [1.165, 1.54) is 0 Å². The Morgan fingerprint density at radius 3 is 2.36 bits per heavy atom. The molecule has 0 saturated carbocycles. The van der Waals surface area contributed by atoms with Gasteiger partial charge in [0.25, 0.3) is 5.91 Å². The molecule has 0 radical (unpaired) electrons. The summed E-state index contributed by atoms with van der Waals surface area (Å²) in [6.07, 6.45) is 0. The van der Waals surface area contributed by atoms with Gasteiger partial charge in [0.15, 0.2) is 0 Å². The van der Waals surface area contributed by atoms with Gasteiger partial charge in [-0.15, -0.1) is 0 Å². The van der Waals surface area contributed by atoms with Crippen molar-refractivity contribution in [2.45, 2.75) is 12.6 Å². The maximum Gasteiger partial charge on any atom is 0.255 e. The van der Waals surface area contributed by atoms with Crippen LogP contribution in [0.25, 0.3) is 22.2 Å². The Labute approximate surface area is 209 Å². The van der Waals surface area contributed by atoms with Gasteiger partial charge in [0.1, 0.15) is 11.5 Å². The lowest BCUT2D eigenvalue weighted by Crippen LogP contribution is -2.28. The summed E-state index contributed by atoms with van der Waals surface area (Å²) in [7, 11) is 3.33. The standard InChI is InChI=1S/C31H26N2O3/c1-35-21-16-17-27(36-2)25(18-21)29-28(24-14-8-9-15-26(24)32-29)30-22-12-6-7-13-23(22)31(34)33(30)19-20-10-4-3-5-11-20/h3-18,30,32H,19H2,1-2H3/t30-/m0/s1. The largest absolute Gasteiger partial charge is 0.497 e. The predicted octanol–water partition coefficient (Wildman–Crippen LogP) is 6.60. The molecule has 1 N–H and O–H groups in total. The number of benzene rings is 4. The number of nitrogens with one attached hydrogen (secondary N) is 1. The zero-order valence-electron chi connectivity index (χ0n) is 20.2. The highest BCUT2D eigenvalue weighted by molar-refractivity contribution is 6.02. The van der Waals surface area contributed by atoms with Crippen LogP contribution in [0.1, 0.15) is 33.1 Å². The van der Waals surface area contributed by atoms with Gasteiger partial charge in [0.2, 0.25) is 0 Å². The van der Waals surface area contributed by atoms with E-state index in [1.54, 1.807) is 14.2 Å². The number of hydrogen-bond acceptors (Lipinski definition) is 3. The fourth-order valence-corrected chi connectivity index (χ4v) is 5.29. The second kappa shape index (κ2) is 8.93. The summed E-state index contributed by atoms with van der Waals surface area (Å²) in [5.74, 6) is 1.50. The fourth-order valence-electron chi connectivity index (χ4n) is 5.29. The maximum atomic E-state index is 13.8. The van der Waals surface area contributed by atoms with Gasteiger partial charge < -0.3 is 19.4 Å². The van der Waals surface area contributed by atoms with Gasteiger partial charge >= 0.3 is 0 Å². The summed E-state index contributed by atoms with van der Waals surface area (Å²) in [6.45, 7) is 0.507. The molecule has 1 aromatic heterocycles. The number of hydrogen-bond donors (Lipinski definition) is 1. The molecule has 0 spiro atoms. The zero-order valence-corrected chi connectivity index (χ0v) is 20.2. The summed E-state index contributed by atoms with van der Waals surface area (Å²) < 4.78 is 11.3. The zero-order chi connectivity index (χ0) is 24.6. The van der Waals surface area contributed by atoms with E-state index < -0.39 is 0 Å². The maximum absolute atomic E-state index is 13.8. The Morgan fingerprint density at radius 2 is 1.56 bits per heavy atom. The van der Waals surface area contributed by atoms with E-state index in [0.29, 0.717) is 6.54 Å². The highest BCUT2D eigenvalue weighted by atomic mass is 16.5. The average Bonchev–Trinajstić information content (AvgIpc) is 3.44. The van der Waals surface area contributed by atoms with Crippen LogP contribution in [-0.2, 0) is 6.54 Å². The van der Waals surface area contributed by atoms with Gasteiger partial charge in [-0.2, -0.15) is 0 Å². The normalized spacial score (nSPS) is 14.8. The first kappa shape index (κ1) is 22.0. The second-order valence-corrected chi connectivity index (χ2v) is 8.93. The number of aromatic amines is 1. The van der Waals surface area contributed by atoms with Crippen LogP contribution in [0.5, 0.6) is 11.5 Å². The Morgan fingerprint density at radius 1 is 0.806 bits per heavy atom. The van der Waals surface area contributed by atoms with Crippen LogP contribution in [0.2, 0.25) is 0 Å². The summed E-state index contributed by atoms with van der Waals surface area (Å²) in [6, 6.07) is 31.8. The molecule has 0 fully saturated rings. The number of aromatic nitrogens is 1. The molecular weight excluding hydrogens is 448 g/mol. The van der Waals surface area contributed by atoms with E-state index in [1.807, 2.05) is 71.6 Å². The van der Waals surface area contributed by atoms with Crippen LogP contribution in [0.15, 0.2) is 97.1 Å². The molecular formula is C31H26N2O3. The molecule has 1 aliphatic heterocycles. The highest BCUT2D eigenvalue weighted by Crippen LogP contribution is 2.47. The van der Waals surface area contributed by atoms with E-state index in [-0.39, 0.29) is 11.9 Å². The predicted molar refractivity (Wildman–Crippen MR) is 141 cm³/mol. The number of nitrogens with zero attached hydrogens (tertiary/aromatic N) is 1. The van der Waals surface area contributed by atoms with Crippen LogP contribution in [0.3, 0.4) is 0 Å². The number of ether oxygens (including phenoxy) is 2. The molecule has 0 aliphatic carbocycles. The van der Waals surface area contributed by atoms with Gasteiger partial charge in [-0.25, -0.2) is 0 Å². The summed E-state index contributed by atoms with van der Waals surface area (Å²) in [5.41, 5.74) is 6.69. The lowest BCUT2D eigenvalue weighted by atomic mass is 9.92. The summed E-state index contributed by atoms with van der Waals surface area (Å²) >= 11 is 0. The minimum absolute atomic E-state index is 0.0355. The Hall–Kier alpha value is -4.51. The minimum Gasteiger partial charge on any atom is -0.497 e. The van der Waals surface area contributed by atoms with Crippen molar-refractivity contribution in [3.05, 3.63) is 119 Å². The van der Waals surface area contributed by atoms with Gasteiger partial charge in [-0.3, -0.25) is 4.79 Å². The molecule has 178 valence electrons. The van der Waals surface area contributed by atoms with Gasteiger partial charge in [-0.1, -0.05) is 66.7 Å². The third kappa shape index (κ3) is 3.52. The number of carbonyl (C=O) groups excluding carboxylic acids is 1. The monoisotopic (exact) mass is 474 g/mol. The second-order valence-electron chi connectivity index (χ2n) is 8.93. The molecule has 0 saturated heterocycles. The first-order valence-electron chi connectivity index (χ1n) is 12.0. The first-order chi connectivity index (χ1) is 17.7. The molecule has 1 amide bonds. The van der Waals surface area contributed by atoms with Crippen LogP contribution in [0.4, 0.5) is 0 Å². The number of carbonyl (C=O) groups is 1. The number of amides is 1. The SMILES string of the molecule is COc1ccc(OC)c(-c2[nH]c3ccccc3c2[C@@H]2c3ccccc3C(=O)N2Cc2ccccc2)c1. The van der Waals surface area contributed by atoms with Crippen LogP contribution in [0, 0.1) is 0 Å². The lowest BCUT2D eigenvalue weighted by molar-refractivity contribution is 0.0737. The smallest absolute Gasteiger partial charge is 0.255 e. The fraction of sp³-hybridized carbons (Fsp3) is 0.129. The van der Waals surface area contributed by atoms with E-state index in [4.69, 9.17) is 9.47 Å². The molecule has 5 aromatic rings. The van der Waals surface area contributed by atoms with E-state index >= 15 is 0 Å². The highest BCUT2D eigenvalue weighted by Gasteiger charge is 2.40. The van der Waals surface area contributed by atoms with Crippen LogP contribution >= 0.6 is 0 Å². The number of para-hydroxylation sites is 1. The molecule has 0 bridgehead atoms. The summed E-state index contributed by atoms with van der Waals surface area (Å²) in [5, 5.41) is 1.07. The van der Waals surface area contributed by atoms with Crippen molar-refractivity contribution < 1.29 is 14.3 Å². The van der Waals surface area contributed by atoms with Gasteiger partial charge in [0, 0.05) is 34.1 Å². The molecule has 1 aliphatic rings. The van der Waals surface area contributed by atoms with Crippen molar-refractivity contribution in [2.24, 2.45) is 0 Å². The molecule has 5 heteroatoms. The topological polar surface area (TPSA) is 54.6 Å². The molecule has 1 atom stereocenters. The third-order valence-electron chi connectivity index (χ3n) is 6.95. The first-order valence-corrected chi connectivity index (χ1v) is 12.0. The average molecular weight is 475 g/mol. The van der Waals surface area contributed by atoms with E-state index in [9.17, 15) is 4.79 Å². The molecule has 4 aromatic carbocycles. The number of methoxy groups -OCH3 is 2. The number of H-pyrrole nitrogens is 1. The third-order valence-corrected chi connectivity index (χ3v) is 6.95. The van der Waals surface area contributed by atoms with Gasteiger partial charge in [0.05, 0.1) is 26.0 Å². The Kier molecular flexibility index (Phi) is 5.45. The van der Waals surface area contributed by atoms with Crippen molar-refractivity contribution in [1.82, 2.24) is 9.88 Å². The van der Waals surface area contributed by atoms with Crippen molar-refractivity contribution in [3.8, 4) is 22.8 Å². The Balaban J connectivity index is 1.63. The van der Waals surface area contributed by atoms with Crippen LogP contribution < -0.4 is 9.47 Å². The lowest BCUT2D eigenvalue weighted by Gasteiger charge is -2.27. The summed E-state index contributed by atoms with van der Waals surface area (Å²) in [4.78, 5) is 19.4. The van der Waals surface area contributed by atoms with Crippen LogP contribution in [-0.4, -0.2) is 30.0 Å².